The number of nitrogens with zero attached hydrogens (tertiary/aromatic N) is 1. The summed E-state index contributed by atoms with van der Waals surface area (Å²) in [6.45, 7) is 33.2. The highest BCUT2D eigenvalue weighted by atomic mass is 32.1. The van der Waals surface area contributed by atoms with E-state index in [0.717, 1.165) is 11.4 Å². The topological polar surface area (TPSA) is 15.3 Å². The Balaban J connectivity index is 1.35. The smallest absolute Gasteiger partial charge is 0.262 e. The molecule has 0 amide bonds. The summed E-state index contributed by atoms with van der Waals surface area (Å²) in [5.74, 6) is 0.687. The first-order valence-corrected chi connectivity index (χ1v) is 23.4. The summed E-state index contributed by atoms with van der Waals surface area (Å²) >= 11 is 2.09. The van der Waals surface area contributed by atoms with Gasteiger partial charge in [-0.25, -0.2) is 0 Å². The van der Waals surface area contributed by atoms with E-state index in [4.69, 9.17) is 0 Å². The number of rotatable bonds is 4. The van der Waals surface area contributed by atoms with E-state index >= 15 is 0 Å². The maximum atomic E-state index is 4.01. The van der Waals surface area contributed by atoms with Gasteiger partial charge in [-0.2, -0.15) is 11.3 Å². The van der Waals surface area contributed by atoms with Crippen LogP contribution < -0.4 is 25.9 Å². The molecule has 0 saturated carbocycles. The molecule has 0 bridgehead atoms. The summed E-state index contributed by atoms with van der Waals surface area (Å²) in [6, 6.07) is 42.0. The van der Waals surface area contributed by atoms with Crippen molar-refractivity contribution in [3.63, 3.8) is 0 Å². The van der Waals surface area contributed by atoms with E-state index in [1.807, 2.05) is 0 Å². The summed E-state index contributed by atoms with van der Waals surface area (Å²) < 4.78 is 1.43. The number of benzene rings is 5. The molecule has 2 aliphatic carbocycles. The molecule has 61 heavy (non-hydrogen) atoms. The van der Waals surface area contributed by atoms with Gasteiger partial charge in [0, 0.05) is 43.9 Å². The molecule has 0 fully saturated rings. The van der Waals surface area contributed by atoms with Crippen LogP contribution in [-0.4, -0.2) is 6.71 Å². The fourth-order valence-electron chi connectivity index (χ4n) is 10.9. The molecule has 312 valence electrons. The lowest BCUT2D eigenvalue weighted by Gasteiger charge is -2.53. The Kier molecular flexibility index (Phi) is 9.61. The number of hydrogen-bond acceptors (Lipinski definition) is 3. The molecular weight excluding hydrogens is 756 g/mol. The standard InChI is InChI=1S/C57H65BN2S/c1-35-22-23-38(55(8,9)10)34-45(35)58-49-46(59-39-28-24-36(25-29-39)53(2,3)4)20-17-21-47(49)60(40-30-26-37(27-31-40)54(5,6)7)50-41-32-33-44-48(51(41)61-52(50)58)57(13,14)43-19-16-15-18-42(43)56(44,11)12/h15-34,44,48,59H,1-14H3. The van der Waals surface area contributed by atoms with Crippen LogP contribution in [0.1, 0.15) is 140 Å². The minimum Gasteiger partial charge on any atom is -0.356 e. The maximum Gasteiger partial charge on any atom is 0.262 e. The summed E-state index contributed by atoms with van der Waals surface area (Å²) in [6.07, 6.45) is 5.11. The summed E-state index contributed by atoms with van der Waals surface area (Å²) in [5, 5.41) is 4.01. The van der Waals surface area contributed by atoms with Gasteiger partial charge in [0.2, 0.25) is 0 Å². The van der Waals surface area contributed by atoms with E-state index in [-0.39, 0.29) is 33.8 Å². The fourth-order valence-corrected chi connectivity index (χ4v) is 12.6. The second-order valence-corrected chi connectivity index (χ2v) is 23.6. The second-order valence-electron chi connectivity index (χ2n) is 22.5. The van der Waals surface area contributed by atoms with Crippen molar-refractivity contribution in [2.45, 2.75) is 130 Å². The van der Waals surface area contributed by atoms with Gasteiger partial charge >= 0.3 is 0 Å². The Morgan fingerprint density at radius 3 is 1.82 bits per heavy atom. The van der Waals surface area contributed by atoms with Gasteiger partial charge in [-0.3, -0.25) is 0 Å². The lowest BCUT2D eigenvalue weighted by molar-refractivity contribution is 0.216. The van der Waals surface area contributed by atoms with Crippen LogP contribution in [0.2, 0.25) is 0 Å². The van der Waals surface area contributed by atoms with Crippen LogP contribution >= 0.6 is 11.3 Å². The van der Waals surface area contributed by atoms with Crippen molar-refractivity contribution in [1.29, 1.82) is 0 Å². The van der Waals surface area contributed by atoms with Gasteiger partial charge in [-0.15, -0.1) is 0 Å². The maximum absolute atomic E-state index is 4.01. The van der Waals surface area contributed by atoms with Crippen molar-refractivity contribution in [3.05, 3.63) is 159 Å². The van der Waals surface area contributed by atoms with Gasteiger partial charge in [0.25, 0.3) is 6.71 Å². The van der Waals surface area contributed by atoms with E-state index in [0.29, 0.717) is 11.8 Å². The molecule has 1 N–H and O–H groups in total. The highest BCUT2D eigenvalue weighted by molar-refractivity contribution is 7.29. The molecule has 2 atom stereocenters. The molecule has 2 nitrogen and oxygen atoms in total. The lowest BCUT2D eigenvalue weighted by atomic mass is 9.36. The third kappa shape index (κ3) is 6.75. The molecule has 6 aromatic rings. The van der Waals surface area contributed by atoms with Gasteiger partial charge in [-0.05, 0) is 110 Å². The molecule has 0 spiro atoms. The number of nitrogens with one attached hydrogen (secondary N) is 1. The lowest BCUT2D eigenvalue weighted by Crippen LogP contribution is -2.57. The van der Waals surface area contributed by atoms with Crippen molar-refractivity contribution >= 4 is 68.3 Å². The Morgan fingerprint density at radius 1 is 0.639 bits per heavy atom. The number of anilines is 5. The first-order chi connectivity index (χ1) is 28.6. The monoisotopic (exact) mass is 820 g/mol. The minimum absolute atomic E-state index is 0.00588. The highest BCUT2D eigenvalue weighted by Gasteiger charge is 2.54. The normalized spacial score (nSPS) is 18.8. The molecule has 2 unspecified atom stereocenters. The molecule has 3 aliphatic rings. The molecule has 4 heteroatoms. The Bertz CT molecular complexity index is 2690. The predicted molar refractivity (Wildman–Crippen MR) is 268 cm³/mol. The molecule has 0 radical (unpaired) electrons. The number of thiophene rings is 1. The zero-order valence-corrected chi connectivity index (χ0v) is 40.0. The van der Waals surface area contributed by atoms with Gasteiger partial charge < -0.3 is 10.2 Å². The van der Waals surface area contributed by atoms with Crippen molar-refractivity contribution in [2.75, 3.05) is 10.2 Å². The van der Waals surface area contributed by atoms with Crippen LogP contribution in [0.3, 0.4) is 0 Å². The highest BCUT2D eigenvalue weighted by Crippen LogP contribution is 2.62. The van der Waals surface area contributed by atoms with Gasteiger partial charge in [0.05, 0.1) is 5.69 Å². The number of aryl methyl sites for hydroxylation is 1. The second kappa shape index (κ2) is 14.1. The van der Waals surface area contributed by atoms with Crippen LogP contribution in [0.15, 0.2) is 115 Å². The Labute approximate surface area is 371 Å². The molecule has 2 heterocycles. The van der Waals surface area contributed by atoms with Crippen LogP contribution in [0, 0.1) is 12.8 Å². The van der Waals surface area contributed by atoms with E-state index in [2.05, 4.69) is 240 Å². The number of hydrogen-bond donors (Lipinski definition) is 1. The molecule has 1 aromatic heterocycles. The summed E-state index contributed by atoms with van der Waals surface area (Å²) in [4.78, 5) is 4.15. The third-order valence-electron chi connectivity index (χ3n) is 14.6. The minimum atomic E-state index is -0.0702. The van der Waals surface area contributed by atoms with Crippen LogP contribution in [0.25, 0.3) is 6.08 Å². The van der Waals surface area contributed by atoms with Gasteiger partial charge in [0.1, 0.15) is 0 Å². The Morgan fingerprint density at radius 2 is 1.21 bits per heavy atom. The SMILES string of the molecule is Cc1ccc(C(C)(C)C)cc1B1c2sc3c(c2N(c2ccc(C(C)(C)C)cc2)c2cccc(Nc4ccc(C(C)(C)C)cc4)c21)C=CC1C3C(C)(C)c2ccccc2C1(C)C. The summed E-state index contributed by atoms with van der Waals surface area (Å²) in [5.41, 5.74) is 18.6. The zero-order chi connectivity index (χ0) is 43.6. The number of fused-ring (bicyclic) bond motifs is 7. The third-order valence-corrected chi connectivity index (χ3v) is 15.9. The molecule has 9 rings (SSSR count). The van der Waals surface area contributed by atoms with Crippen molar-refractivity contribution in [2.24, 2.45) is 5.92 Å². The van der Waals surface area contributed by atoms with Crippen LogP contribution in [-0.2, 0) is 27.1 Å². The predicted octanol–water partition coefficient (Wildman–Crippen LogP) is 14.0. The summed E-state index contributed by atoms with van der Waals surface area (Å²) in [7, 11) is 0. The van der Waals surface area contributed by atoms with Crippen molar-refractivity contribution < 1.29 is 0 Å². The molecule has 0 saturated heterocycles. The molecule has 1 aliphatic heterocycles. The molecule has 5 aromatic carbocycles. The van der Waals surface area contributed by atoms with Crippen LogP contribution in [0.4, 0.5) is 28.4 Å². The fraction of sp³-hybridized carbons (Fsp3) is 0.368. The first-order valence-electron chi connectivity index (χ1n) is 22.6. The average Bonchev–Trinajstić information content (AvgIpc) is 3.58. The van der Waals surface area contributed by atoms with Gasteiger partial charge in [-0.1, -0.05) is 186 Å². The first kappa shape index (κ1) is 41.6. The van der Waals surface area contributed by atoms with Crippen molar-refractivity contribution in [1.82, 2.24) is 0 Å². The van der Waals surface area contributed by atoms with E-state index in [9.17, 15) is 0 Å². The number of allylic oxidation sites excluding steroid dienone is 1. The quantitative estimate of drug-likeness (QED) is 0.178. The van der Waals surface area contributed by atoms with Gasteiger partial charge in [0.15, 0.2) is 0 Å². The zero-order valence-electron chi connectivity index (χ0n) is 39.1. The van der Waals surface area contributed by atoms with Crippen molar-refractivity contribution in [3.8, 4) is 0 Å². The molecular formula is C57H65BN2S. The average molecular weight is 821 g/mol. The largest absolute Gasteiger partial charge is 0.356 e. The van der Waals surface area contributed by atoms with E-state index in [1.165, 1.54) is 76.6 Å². The van der Waals surface area contributed by atoms with E-state index < -0.39 is 0 Å². The van der Waals surface area contributed by atoms with E-state index in [1.54, 1.807) is 0 Å². The Hall–Kier alpha value is -4.80. The van der Waals surface area contributed by atoms with Crippen LogP contribution in [0.5, 0.6) is 0 Å².